The fourth-order valence-electron chi connectivity index (χ4n) is 6.95. The number of nitrogens with one attached hydrogen (secondary N) is 1. The average Bonchev–Trinajstić information content (AvgIpc) is 3.16. The zero-order valence-corrected chi connectivity index (χ0v) is 34.0. The van der Waals surface area contributed by atoms with E-state index < -0.39 is 49.5 Å². The highest BCUT2D eigenvalue weighted by atomic mass is 16.7. The fourth-order valence-corrected chi connectivity index (χ4v) is 6.95. The SMILES string of the molecule is CCCCC/C=C\C/C=C\CCCCCCCCCC(=O)NC(COC1OC(CO)C(O)C(O)C1O)C(O)CCCCCCCCCCCCCCC. The zero-order valence-electron chi connectivity index (χ0n) is 34.0. The number of rotatable bonds is 36. The number of hydrogen-bond acceptors (Lipinski definition) is 8. The molecule has 1 aliphatic heterocycles. The predicted molar refractivity (Wildman–Crippen MR) is 217 cm³/mol. The Morgan fingerprint density at radius 3 is 1.66 bits per heavy atom. The van der Waals surface area contributed by atoms with Gasteiger partial charge in [0.05, 0.1) is 25.4 Å². The molecule has 1 heterocycles. The van der Waals surface area contributed by atoms with Gasteiger partial charge in [0.25, 0.3) is 0 Å². The molecule has 0 radical (unpaired) electrons. The van der Waals surface area contributed by atoms with Crippen molar-refractivity contribution in [2.45, 2.75) is 236 Å². The van der Waals surface area contributed by atoms with Crippen molar-refractivity contribution in [1.29, 1.82) is 0 Å². The Hall–Kier alpha value is -1.33. The molecule has 9 nitrogen and oxygen atoms in total. The molecule has 1 aliphatic rings. The number of carbonyl (C=O) groups is 1. The monoisotopic (exact) mass is 754 g/mol. The smallest absolute Gasteiger partial charge is 0.220 e. The molecule has 9 heteroatoms. The van der Waals surface area contributed by atoms with Gasteiger partial charge in [-0.25, -0.2) is 0 Å². The Morgan fingerprint density at radius 2 is 1.11 bits per heavy atom. The van der Waals surface area contributed by atoms with Crippen LogP contribution in [0.25, 0.3) is 0 Å². The fraction of sp³-hybridized carbons (Fsp3) is 0.886. The van der Waals surface area contributed by atoms with Crippen LogP contribution >= 0.6 is 0 Å². The second-order valence-electron chi connectivity index (χ2n) is 15.5. The molecule has 0 saturated carbocycles. The summed E-state index contributed by atoms with van der Waals surface area (Å²) in [5.41, 5.74) is 0. The normalized spacial score (nSPS) is 21.8. The van der Waals surface area contributed by atoms with Crippen LogP contribution in [0.5, 0.6) is 0 Å². The Balaban J connectivity index is 2.35. The van der Waals surface area contributed by atoms with Crippen LogP contribution in [-0.2, 0) is 14.3 Å². The molecule has 0 aromatic carbocycles. The first-order valence-corrected chi connectivity index (χ1v) is 22.0. The molecule has 0 spiro atoms. The first-order chi connectivity index (χ1) is 25.8. The number of aliphatic hydroxyl groups excluding tert-OH is 5. The van der Waals surface area contributed by atoms with E-state index in [2.05, 4.69) is 43.5 Å². The van der Waals surface area contributed by atoms with Crippen LogP contribution < -0.4 is 5.32 Å². The Bertz CT molecular complexity index is 883. The van der Waals surface area contributed by atoms with Crippen molar-refractivity contribution >= 4 is 5.91 Å². The zero-order chi connectivity index (χ0) is 38.8. The van der Waals surface area contributed by atoms with Crippen molar-refractivity contribution in [1.82, 2.24) is 5.32 Å². The van der Waals surface area contributed by atoms with Gasteiger partial charge in [-0.15, -0.1) is 0 Å². The minimum atomic E-state index is -1.55. The first-order valence-electron chi connectivity index (χ1n) is 22.0. The summed E-state index contributed by atoms with van der Waals surface area (Å²) < 4.78 is 11.2. The van der Waals surface area contributed by atoms with Gasteiger partial charge in [-0.3, -0.25) is 4.79 Å². The molecule has 0 aromatic heterocycles. The third-order valence-electron chi connectivity index (χ3n) is 10.6. The lowest BCUT2D eigenvalue weighted by Gasteiger charge is -2.40. The minimum Gasteiger partial charge on any atom is -0.394 e. The topological polar surface area (TPSA) is 149 Å². The van der Waals surface area contributed by atoms with Gasteiger partial charge in [-0.05, 0) is 44.9 Å². The minimum absolute atomic E-state index is 0.140. The quantitative estimate of drug-likeness (QED) is 0.0275. The second kappa shape index (κ2) is 35.1. The van der Waals surface area contributed by atoms with Gasteiger partial charge in [0, 0.05) is 6.42 Å². The number of amides is 1. The molecule has 7 unspecified atom stereocenters. The van der Waals surface area contributed by atoms with Gasteiger partial charge in [0.2, 0.25) is 5.91 Å². The number of hydrogen-bond donors (Lipinski definition) is 6. The Morgan fingerprint density at radius 1 is 0.642 bits per heavy atom. The molecule has 0 aliphatic carbocycles. The van der Waals surface area contributed by atoms with Crippen LogP contribution in [0, 0.1) is 0 Å². The maximum Gasteiger partial charge on any atom is 0.220 e. The largest absolute Gasteiger partial charge is 0.394 e. The van der Waals surface area contributed by atoms with E-state index in [-0.39, 0.29) is 12.5 Å². The summed E-state index contributed by atoms with van der Waals surface area (Å²) >= 11 is 0. The van der Waals surface area contributed by atoms with Gasteiger partial charge in [-0.1, -0.05) is 167 Å². The average molecular weight is 754 g/mol. The Kier molecular flexibility index (Phi) is 32.9. The van der Waals surface area contributed by atoms with E-state index in [1.807, 2.05) is 0 Å². The first kappa shape index (κ1) is 49.7. The summed E-state index contributed by atoms with van der Waals surface area (Å²) in [6, 6.07) is -0.719. The van der Waals surface area contributed by atoms with E-state index in [4.69, 9.17) is 9.47 Å². The molecule has 1 fully saturated rings. The van der Waals surface area contributed by atoms with Crippen molar-refractivity contribution in [2.75, 3.05) is 13.2 Å². The van der Waals surface area contributed by atoms with Gasteiger partial charge in [-0.2, -0.15) is 0 Å². The molecule has 0 bridgehead atoms. The molecular weight excluding hydrogens is 670 g/mol. The second-order valence-corrected chi connectivity index (χ2v) is 15.5. The highest BCUT2D eigenvalue weighted by Gasteiger charge is 2.44. The van der Waals surface area contributed by atoms with Gasteiger partial charge in [0.15, 0.2) is 6.29 Å². The van der Waals surface area contributed by atoms with E-state index in [0.717, 1.165) is 51.4 Å². The van der Waals surface area contributed by atoms with Crippen LogP contribution in [0.2, 0.25) is 0 Å². The van der Waals surface area contributed by atoms with Crippen LogP contribution in [-0.4, -0.2) is 87.5 Å². The molecule has 6 N–H and O–H groups in total. The van der Waals surface area contributed by atoms with Crippen molar-refractivity contribution < 1.29 is 39.8 Å². The molecular formula is C44H83NO8. The summed E-state index contributed by atoms with van der Waals surface area (Å²) in [7, 11) is 0. The van der Waals surface area contributed by atoms with E-state index in [1.165, 1.54) is 116 Å². The lowest BCUT2D eigenvalue weighted by atomic mass is 9.99. The third-order valence-corrected chi connectivity index (χ3v) is 10.6. The van der Waals surface area contributed by atoms with E-state index in [0.29, 0.717) is 12.8 Å². The molecule has 312 valence electrons. The van der Waals surface area contributed by atoms with E-state index >= 15 is 0 Å². The molecule has 1 saturated heterocycles. The van der Waals surface area contributed by atoms with Crippen LogP contribution in [0.4, 0.5) is 0 Å². The predicted octanol–water partition coefficient (Wildman–Crippen LogP) is 8.72. The summed E-state index contributed by atoms with van der Waals surface area (Å²) in [4.78, 5) is 12.9. The molecule has 7 atom stereocenters. The van der Waals surface area contributed by atoms with Gasteiger partial charge < -0.3 is 40.3 Å². The van der Waals surface area contributed by atoms with Gasteiger partial charge >= 0.3 is 0 Å². The third kappa shape index (κ3) is 26.2. The number of aliphatic hydroxyl groups is 5. The maximum atomic E-state index is 12.9. The standard InChI is InChI=1S/C44H83NO8/c1-3-5-7-9-11-13-15-17-18-19-20-22-24-26-28-30-32-34-40(48)45-37(36-52-44-43(51)42(50)41(49)39(35-46)53-44)38(47)33-31-29-27-25-23-21-16-14-12-10-8-6-4-2/h11,13,17-18,37-39,41-44,46-47,49-51H,3-10,12,14-16,19-36H2,1-2H3,(H,45,48)/b13-11-,18-17-. The van der Waals surface area contributed by atoms with Crippen LogP contribution in [0.15, 0.2) is 24.3 Å². The van der Waals surface area contributed by atoms with Crippen molar-refractivity contribution in [3.8, 4) is 0 Å². The molecule has 1 amide bonds. The number of carbonyl (C=O) groups excluding carboxylic acids is 1. The molecule has 1 rings (SSSR count). The lowest BCUT2D eigenvalue weighted by Crippen LogP contribution is -2.60. The highest BCUT2D eigenvalue weighted by molar-refractivity contribution is 5.76. The van der Waals surface area contributed by atoms with Crippen LogP contribution in [0.1, 0.15) is 194 Å². The lowest BCUT2D eigenvalue weighted by molar-refractivity contribution is -0.302. The van der Waals surface area contributed by atoms with Crippen molar-refractivity contribution in [3.63, 3.8) is 0 Å². The maximum absolute atomic E-state index is 12.9. The number of allylic oxidation sites excluding steroid dienone is 4. The highest BCUT2D eigenvalue weighted by Crippen LogP contribution is 2.23. The molecule has 53 heavy (non-hydrogen) atoms. The van der Waals surface area contributed by atoms with E-state index in [9.17, 15) is 30.3 Å². The van der Waals surface area contributed by atoms with E-state index in [1.54, 1.807) is 0 Å². The summed E-state index contributed by atoms with van der Waals surface area (Å²) in [6.45, 7) is 3.79. The number of ether oxygens (including phenoxy) is 2. The summed E-state index contributed by atoms with van der Waals surface area (Å²) in [5, 5.41) is 54.2. The van der Waals surface area contributed by atoms with Gasteiger partial charge in [0.1, 0.15) is 24.4 Å². The van der Waals surface area contributed by atoms with Crippen LogP contribution in [0.3, 0.4) is 0 Å². The van der Waals surface area contributed by atoms with Crippen molar-refractivity contribution in [2.24, 2.45) is 0 Å². The summed E-state index contributed by atoms with van der Waals surface area (Å²) in [5.74, 6) is -0.153. The molecule has 0 aromatic rings. The number of unbranched alkanes of at least 4 members (excludes halogenated alkanes) is 22. The Labute approximate surface area is 324 Å². The van der Waals surface area contributed by atoms with Crippen molar-refractivity contribution in [3.05, 3.63) is 24.3 Å². The summed E-state index contributed by atoms with van der Waals surface area (Å²) in [6.07, 6.45) is 33.2.